The molecule has 26 heavy (non-hydrogen) atoms. The van der Waals surface area contributed by atoms with Gasteiger partial charge in [-0.2, -0.15) is 0 Å². The van der Waals surface area contributed by atoms with Gasteiger partial charge < -0.3 is 16.4 Å². The summed E-state index contributed by atoms with van der Waals surface area (Å²) in [7, 11) is 0. The van der Waals surface area contributed by atoms with Crippen LogP contribution in [-0.2, 0) is 11.2 Å². The molecule has 2 aromatic rings. The van der Waals surface area contributed by atoms with Crippen molar-refractivity contribution in [1.29, 1.82) is 0 Å². The van der Waals surface area contributed by atoms with Crippen molar-refractivity contribution in [3.05, 3.63) is 65.7 Å². The average molecular weight is 353 g/mol. The largest absolute Gasteiger partial charge is 0.347 e. The molecule has 0 aliphatic heterocycles. The highest BCUT2D eigenvalue weighted by Crippen LogP contribution is 2.13. The quantitative estimate of drug-likeness (QED) is 0.715. The summed E-state index contributed by atoms with van der Waals surface area (Å²) in [4.78, 5) is 24.5. The second-order valence-corrected chi connectivity index (χ2v) is 7.05. The lowest BCUT2D eigenvalue weighted by atomic mass is 10.0. The predicted octanol–water partition coefficient (Wildman–Crippen LogP) is 3.11. The number of amides is 2. The van der Waals surface area contributed by atoms with E-state index in [1.165, 1.54) is 0 Å². The molecule has 0 unspecified atom stereocenters. The van der Waals surface area contributed by atoms with Crippen molar-refractivity contribution in [2.45, 2.75) is 45.2 Å². The number of nitrogens with two attached hydrogens (primary N) is 1. The van der Waals surface area contributed by atoms with Crippen LogP contribution in [0.3, 0.4) is 0 Å². The Morgan fingerprint density at radius 3 is 2.23 bits per heavy atom. The van der Waals surface area contributed by atoms with Crippen LogP contribution >= 0.6 is 0 Å². The first-order valence-electron chi connectivity index (χ1n) is 8.83. The Balaban J connectivity index is 1.94. The van der Waals surface area contributed by atoms with Crippen LogP contribution in [0.4, 0.5) is 5.69 Å². The molecular weight excluding hydrogens is 326 g/mol. The fraction of sp³-hybridized carbons (Fsp3) is 0.333. The number of hydrogen-bond acceptors (Lipinski definition) is 3. The van der Waals surface area contributed by atoms with Crippen molar-refractivity contribution in [2.75, 3.05) is 5.32 Å². The van der Waals surface area contributed by atoms with E-state index in [1.807, 2.05) is 51.1 Å². The summed E-state index contributed by atoms with van der Waals surface area (Å²) in [5.74, 6) is -0.381. The maximum absolute atomic E-state index is 12.2. The molecule has 0 spiro atoms. The average Bonchev–Trinajstić information content (AvgIpc) is 2.62. The highest BCUT2D eigenvalue weighted by atomic mass is 16.2. The van der Waals surface area contributed by atoms with Gasteiger partial charge in [0, 0.05) is 16.8 Å². The zero-order valence-electron chi connectivity index (χ0n) is 15.6. The van der Waals surface area contributed by atoms with Gasteiger partial charge in [0.1, 0.15) is 0 Å². The molecular formula is C21H27N3O2. The van der Waals surface area contributed by atoms with E-state index in [9.17, 15) is 9.59 Å². The summed E-state index contributed by atoms with van der Waals surface area (Å²) in [6.07, 6.45) is 1.31. The van der Waals surface area contributed by atoms with Crippen molar-refractivity contribution in [1.82, 2.24) is 5.32 Å². The summed E-state index contributed by atoms with van der Waals surface area (Å²) >= 11 is 0. The highest BCUT2D eigenvalue weighted by Gasteiger charge is 2.19. The van der Waals surface area contributed by atoms with Crippen LogP contribution in [0.2, 0.25) is 0 Å². The van der Waals surface area contributed by atoms with Gasteiger partial charge in [0.2, 0.25) is 5.91 Å². The Kier molecular flexibility index (Phi) is 6.52. The van der Waals surface area contributed by atoms with Crippen LogP contribution < -0.4 is 16.4 Å². The maximum Gasteiger partial charge on any atom is 0.251 e. The van der Waals surface area contributed by atoms with Gasteiger partial charge in [0.15, 0.2) is 0 Å². The zero-order chi connectivity index (χ0) is 19.2. The third-order valence-electron chi connectivity index (χ3n) is 4.39. The minimum atomic E-state index is -0.634. The second-order valence-electron chi connectivity index (χ2n) is 7.05. The third-order valence-corrected chi connectivity index (χ3v) is 4.39. The van der Waals surface area contributed by atoms with Gasteiger partial charge >= 0.3 is 0 Å². The normalized spacial score (nSPS) is 12.3. The highest BCUT2D eigenvalue weighted by molar-refractivity contribution is 5.97. The topological polar surface area (TPSA) is 84.2 Å². The van der Waals surface area contributed by atoms with Crippen LogP contribution in [0.25, 0.3) is 0 Å². The van der Waals surface area contributed by atoms with Gasteiger partial charge in [0.25, 0.3) is 5.91 Å². The SMILES string of the molecule is CCC(C)(C)NC(=O)c1ccc(NC(=O)[C@@H](N)Cc2ccccc2)cc1. The Bertz CT molecular complexity index is 740. The predicted molar refractivity (Wildman–Crippen MR) is 105 cm³/mol. The van der Waals surface area contributed by atoms with E-state index < -0.39 is 6.04 Å². The molecule has 2 rings (SSSR count). The second kappa shape index (κ2) is 8.63. The molecule has 0 saturated heterocycles. The van der Waals surface area contributed by atoms with E-state index in [4.69, 9.17) is 5.73 Å². The fourth-order valence-corrected chi connectivity index (χ4v) is 2.37. The molecule has 0 aliphatic carbocycles. The lowest BCUT2D eigenvalue weighted by molar-refractivity contribution is -0.117. The van der Waals surface area contributed by atoms with Crippen molar-refractivity contribution in [3.63, 3.8) is 0 Å². The monoisotopic (exact) mass is 353 g/mol. The summed E-state index contributed by atoms with van der Waals surface area (Å²) in [5, 5.41) is 5.77. The molecule has 0 aromatic heterocycles. The van der Waals surface area contributed by atoms with Gasteiger partial charge in [0.05, 0.1) is 6.04 Å². The van der Waals surface area contributed by atoms with Crippen molar-refractivity contribution in [2.24, 2.45) is 5.73 Å². The van der Waals surface area contributed by atoms with E-state index in [0.717, 1.165) is 12.0 Å². The van der Waals surface area contributed by atoms with Crippen LogP contribution in [0.15, 0.2) is 54.6 Å². The molecule has 4 N–H and O–H groups in total. The van der Waals surface area contributed by atoms with Crippen LogP contribution in [0.1, 0.15) is 43.1 Å². The smallest absolute Gasteiger partial charge is 0.251 e. The zero-order valence-corrected chi connectivity index (χ0v) is 15.6. The standard InChI is InChI=1S/C21H27N3O2/c1-4-21(2,3)24-19(25)16-10-12-17(13-11-16)23-20(26)18(22)14-15-8-6-5-7-9-15/h5-13,18H,4,14,22H2,1-3H3,(H,23,26)(H,24,25)/t18-/m0/s1. The first-order valence-corrected chi connectivity index (χ1v) is 8.83. The number of rotatable bonds is 7. The van der Waals surface area contributed by atoms with Crippen LogP contribution in [0, 0.1) is 0 Å². The number of benzene rings is 2. The minimum Gasteiger partial charge on any atom is -0.347 e. The van der Waals surface area contributed by atoms with Crippen molar-refractivity contribution in [3.8, 4) is 0 Å². The van der Waals surface area contributed by atoms with Gasteiger partial charge in [-0.15, -0.1) is 0 Å². The first kappa shape index (κ1) is 19.7. The lowest BCUT2D eigenvalue weighted by Crippen LogP contribution is -2.42. The Hall–Kier alpha value is -2.66. The van der Waals surface area contributed by atoms with Gasteiger partial charge in [-0.05, 0) is 56.5 Å². The Labute approximate surface area is 155 Å². The summed E-state index contributed by atoms with van der Waals surface area (Å²) in [5.41, 5.74) is 7.91. The number of anilines is 1. The molecule has 0 heterocycles. The summed E-state index contributed by atoms with van der Waals surface area (Å²) < 4.78 is 0. The van der Waals surface area contributed by atoms with E-state index in [0.29, 0.717) is 17.7 Å². The summed E-state index contributed by atoms with van der Waals surface area (Å²) in [6.45, 7) is 5.98. The van der Waals surface area contributed by atoms with E-state index in [2.05, 4.69) is 10.6 Å². The van der Waals surface area contributed by atoms with Gasteiger partial charge in [-0.3, -0.25) is 9.59 Å². The Morgan fingerprint density at radius 2 is 1.65 bits per heavy atom. The molecule has 2 aromatic carbocycles. The molecule has 5 nitrogen and oxygen atoms in total. The minimum absolute atomic E-state index is 0.129. The molecule has 0 saturated carbocycles. The number of hydrogen-bond donors (Lipinski definition) is 3. The van der Waals surface area contributed by atoms with E-state index >= 15 is 0 Å². The van der Waals surface area contributed by atoms with Crippen LogP contribution in [0.5, 0.6) is 0 Å². The fourth-order valence-electron chi connectivity index (χ4n) is 2.37. The molecule has 0 fully saturated rings. The molecule has 138 valence electrons. The molecule has 2 amide bonds. The molecule has 0 aliphatic rings. The van der Waals surface area contributed by atoms with E-state index in [1.54, 1.807) is 24.3 Å². The summed E-state index contributed by atoms with van der Waals surface area (Å²) in [6, 6.07) is 15.8. The number of carbonyl (C=O) groups excluding carboxylic acids is 2. The first-order chi connectivity index (χ1) is 12.3. The van der Waals surface area contributed by atoms with Crippen LogP contribution in [-0.4, -0.2) is 23.4 Å². The third kappa shape index (κ3) is 5.70. The molecule has 0 radical (unpaired) electrons. The van der Waals surface area contributed by atoms with Crippen molar-refractivity contribution < 1.29 is 9.59 Å². The molecule has 5 heteroatoms. The van der Waals surface area contributed by atoms with Gasteiger partial charge in [-0.1, -0.05) is 37.3 Å². The maximum atomic E-state index is 12.2. The number of nitrogens with one attached hydrogen (secondary N) is 2. The van der Waals surface area contributed by atoms with E-state index in [-0.39, 0.29) is 17.4 Å². The molecule has 1 atom stereocenters. The molecule has 0 bridgehead atoms. The van der Waals surface area contributed by atoms with Crippen molar-refractivity contribution >= 4 is 17.5 Å². The lowest BCUT2D eigenvalue weighted by Gasteiger charge is -2.24. The number of carbonyl (C=O) groups is 2. The Morgan fingerprint density at radius 1 is 1.04 bits per heavy atom. The van der Waals surface area contributed by atoms with Gasteiger partial charge in [-0.25, -0.2) is 0 Å².